The predicted octanol–water partition coefficient (Wildman–Crippen LogP) is 1.19. The third-order valence-electron chi connectivity index (χ3n) is 3.14. The fourth-order valence-corrected chi connectivity index (χ4v) is 2.04. The molecule has 0 aromatic rings. The van der Waals surface area contributed by atoms with E-state index in [1.165, 1.54) is 5.57 Å². The van der Waals surface area contributed by atoms with Crippen LogP contribution in [0.3, 0.4) is 0 Å². The van der Waals surface area contributed by atoms with Gasteiger partial charge in [-0.25, -0.2) is 0 Å². The fourth-order valence-electron chi connectivity index (χ4n) is 2.04. The van der Waals surface area contributed by atoms with Crippen molar-refractivity contribution >= 4 is 0 Å². The van der Waals surface area contributed by atoms with Crippen molar-refractivity contribution in [2.75, 3.05) is 6.61 Å². The van der Waals surface area contributed by atoms with E-state index >= 15 is 0 Å². The van der Waals surface area contributed by atoms with E-state index in [4.69, 9.17) is 5.11 Å². The quantitative estimate of drug-likeness (QED) is 0.520. The number of fused-ring (bicyclic) bond motifs is 1. The van der Waals surface area contributed by atoms with Crippen LogP contribution >= 0.6 is 0 Å². The first-order valence-electron chi connectivity index (χ1n) is 3.54. The second-order valence-corrected chi connectivity index (χ2v) is 3.46. The highest BCUT2D eigenvalue weighted by Gasteiger charge is 2.59. The number of allylic oxidation sites excluding steroid dienone is 1. The van der Waals surface area contributed by atoms with E-state index in [-0.39, 0.29) is 0 Å². The van der Waals surface area contributed by atoms with Gasteiger partial charge in [-0.15, -0.1) is 0 Å². The Morgan fingerprint density at radius 1 is 1.78 bits per heavy atom. The van der Waals surface area contributed by atoms with Crippen molar-refractivity contribution in [3.63, 3.8) is 0 Å². The number of hydrogen-bond acceptors (Lipinski definition) is 1. The zero-order chi connectivity index (χ0) is 6.65. The summed E-state index contributed by atoms with van der Waals surface area (Å²) in [5.41, 5.74) is 1.95. The lowest BCUT2D eigenvalue weighted by atomic mass is 9.65. The van der Waals surface area contributed by atoms with Crippen LogP contribution in [-0.4, -0.2) is 11.7 Å². The lowest BCUT2D eigenvalue weighted by molar-refractivity contribution is 0.116. The second kappa shape index (κ2) is 1.24. The van der Waals surface area contributed by atoms with Gasteiger partial charge >= 0.3 is 0 Å². The van der Waals surface area contributed by atoms with Crippen LogP contribution in [0.1, 0.15) is 13.8 Å². The number of aliphatic hydroxyl groups is 1. The van der Waals surface area contributed by atoms with E-state index in [1.807, 2.05) is 0 Å². The second-order valence-electron chi connectivity index (χ2n) is 3.46. The molecule has 1 nitrogen and oxygen atoms in total. The van der Waals surface area contributed by atoms with E-state index < -0.39 is 0 Å². The molecule has 1 saturated carbocycles. The number of rotatable bonds is 1. The first kappa shape index (κ1) is 5.48. The number of aliphatic hydroxyl groups excluding tert-OH is 1. The van der Waals surface area contributed by atoms with Crippen LogP contribution in [0.5, 0.6) is 0 Å². The molecule has 0 radical (unpaired) electrons. The highest BCUT2D eigenvalue weighted by atomic mass is 16.3. The molecule has 2 aliphatic rings. The Labute approximate surface area is 55.4 Å². The summed E-state index contributed by atoms with van der Waals surface area (Å²) < 4.78 is 0. The zero-order valence-corrected chi connectivity index (χ0v) is 5.89. The first-order chi connectivity index (χ1) is 4.20. The maximum absolute atomic E-state index is 8.83. The molecule has 3 unspecified atom stereocenters. The molecule has 1 N–H and O–H groups in total. The van der Waals surface area contributed by atoms with Crippen LogP contribution in [0.2, 0.25) is 0 Å². The van der Waals surface area contributed by atoms with Gasteiger partial charge in [0.15, 0.2) is 0 Å². The molecule has 1 fully saturated rings. The summed E-state index contributed by atoms with van der Waals surface area (Å²) in [5, 5.41) is 8.83. The SMILES string of the molecule is CC1C(CO)C2=CC21C. The first-order valence-corrected chi connectivity index (χ1v) is 3.54. The van der Waals surface area contributed by atoms with Crippen LogP contribution in [-0.2, 0) is 0 Å². The minimum absolute atomic E-state index is 0.350. The number of hydrogen-bond donors (Lipinski definition) is 1. The van der Waals surface area contributed by atoms with Gasteiger partial charge in [-0.2, -0.15) is 0 Å². The van der Waals surface area contributed by atoms with Crippen molar-refractivity contribution < 1.29 is 5.11 Å². The molecule has 0 aliphatic heterocycles. The molecule has 2 rings (SSSR count). The zero-order valence-electron chi connectivity index (χ0n) is 5.89. The topological polar surface area (TPSA) is 20.2 Å². The van der Waals surface area contributed by atoms with Gasteiger partial charge in [-0.1, -0.05) is 25.5 Å². The molecule has 0 aromatic carbocycles. The van der Waals surface area contributed by atoms with Gasteiger partial charge in [-0.05, 0) is 5.92 Å². The largest absolute Gasteiger partial charge is 0.396 e. The summed E-state index contributed by atoms with van der Waals surface area (Å²) >= 11 is 0. The van der Waals surface area contributed by atoms with Gasteiger partial charge in [0.1, 0.15) is 0 Å². The third kappa shape index (κ3) is 0.410. The molecule has 0 aromatic heterocycles. The monoisotopic (exact) mass is 124 g/mol. The smallest absolute Gasteiger partial charge is 0.0499 e. The molecule has 0 saturated heterocycles. The molecule has 0 amide bonds. The highest BCUT2D eigenvalue weighted by Crippen LogP contribution is 2.67. The van der Waals surface area contributed by atoms with Gasteiger partial charge < -0.3 is 5.11 Å². The van der Waals surface area contributed by atoms with Gasteiger partial charge in [0.05, 0.1) is 0 Å². The third-order valence-corrected chi connectivity index (χ3v) is 3.14. The summed E-state index contributed by atoms with van der Waals surface area (Å²) in [6.07, 6.45) is 2.29. The minimum atomic E-state index is 0.350. The van der Waals surface area contributed by atoms with E-state index in [2.05, 4.69) is 19.9 Å². The van der Waals surface area contributed by atoms with Crippen molar-refractivity contribution in [1.29, 1.82) is 0 Å². The van der Waals surface area contributed by atoms with E-state index in [1.54, 1.807) is 0 Å². The molecule has 0 bridgehead atoms. The minimum Gasteiger partial charge on any atom is -0.396 e. The molecular weight excluding hydrogens is 112 g/mol. The van der Waals surface area contributed by atoms with Gasteiger partial charge in [0.25, 0.3) is 0 Å². The van der Waals surface area contributed by atoms with Crippen LogP contribution in [0.4, 0.5) is 0 Å². The Bertz CT molecular complexity index is 183. The van der Waals surface area contributed by atoms with Crippen LogP contribution < -0.4 is 0 Å². The van der Waals surface area contributed by atoms with Crippen molar-refractivity contribution in [3.8, 4) is 0 Å². The molecule has 0 spiro atoms. The molecule has 3 atom stereocenters. The molecule has 9 heavy (non-hydrogen) atoms. The van der Waals surface area contributed by atoms with Crippen LogP contribution in [0.15, 0.2) is 11.6 Å². The van der Waals surface area contributed by atoms with Gasteiger partial charge in [-0.3, -0.25) is 0 Å². The van der Waals surface area contributed by atoms with E-state index in [0.29, 0.717) is 23.9 Å². The van der Waals surface area contributed by atoms with Crippen molar-refractivity contribution in [1.82, 2.24) is 0 Å². The molecular formula is C8H12O. The van der Waals surface area contributed by atoms with Gasteiger partial charge in [0, 0.05) is 17.9 Å². The fraction of sp³-hybridized carbons (Fsp3) is 0.750. The van der Waals surface area contributed by atoms with Crippen LogP contribution in [0, 0.1) is 17.3 Å². The van der Waals surface area contributed by atoms with Crippen molar-refractivity contribution in [2.24, 2.45) is 17.3 Å². The highest BCUT2D eigenvalue weighted by molar-refractivity contribution is 5.49. The standard InChI is InChI=1S/C8H12O/c1-5-6(4-9)7-3-8(5,7)2/h3,5-6,9H,4H2,1-2H3. The van der Waals surface area contributed by atoms with E-state index in [0.717, 1.165) is 0 Å². The van der Waals surface area contributed by atoms with E-state index in [9.17, 15) is 0 Å². The Morgan fingerprint density at radius 3 is 2.67 bits per heavy atom. The van der Waals surface area contributed by atoms with Crippen molar-refractivity contribution in [3.05, 3.63) is 11.6 Å². The Morgan fingerprint density at radius 2 is 2.44 bits per heavy atom. The Balaban J connectivity index is 2.11. The average Bonchev–Trinajstić information content (AvgIpc) is 2.42. The molecule has 2 aliphatic carbocycles. The maximum atomic E-state index is 8.83. The lowest BCUT2D eigenvalue weighted by Gasteiger charge is -2.39. The molecule has 0 heterocycles. The summed E-state index contributed by atoms with van der Waals surface area (Å²) in [6.45, 7) is 4.82. The maximum Gasteiger partial charge on any atom is 0.0499 e. The molecule has 50 valence electrons. The summed E-state index contributed by atoms with van der Waals surface area (Å²) in [5.74, 6) is 1.20. The predicted molar refractivity (Wildman–Crippen MR) is 35.9 cm³/mol. The van der Waals surface area contributed by atoms with Crippen LogP contribution in [0.25, 0.3) is 0 Å². The summed E-state index contributed by atoms with van der Waals surface area (Å²) in [4.78, 5) is 0. The lowest BCUT2D eigenvalue weighted by Crippen LogP contribution is -2.36. The average molecular weight is 124 g/mol. The summed E-state index contributed by atoms with van der Waals surface area (Å²) in [6, 6.07) is 0. The Kier molecular flexibility index (Phi) is 0.755. The van der Waals surface area contributed by atoms with Crippen molar-refractivity contribution in [2.45, 2.75) is 13.8 Å². The summed E-state index contributed by atoms with van der Waals surface area (Å²) in [7, 11) is 0. The normalized spacial score (nSPS) is 53.4. The molecule has 1 heteroatoms. The Hall–Kier alpha value is -0.300. The van der Waals surface area contributed by atoms with Gasteiger partial charge in [0.2, 0.25) is 0 Å².